The number of hydrogen-bond acceptors (Lipinski definition) is 6. The first-order chi connectivity index (χ1) is 16.1. The number of carbonyl (C=O) groups excluding carboxylic acids is 1. The average Bonchev–Trinajstić information content (AvgIpc) is 3.29. The van der Waals surface area contributed by atoms with Crippen LogP contribution in [-0.2, 0) is 11.2 Å². The van der Waals surface area contributed by atoms with Crippen LogP contribution < -0.4 is 19.5 Å². The summed E-state index contributed by atoms with van der Waals surface area (Å²) in [6.07, 6.45) is 0.155. The van der Waals surface area contributed by atoms with Crippen LogP contribution in [0.1, 0.15) is 11.3 Å². The number of nitrogens with one attached hydrogen (secondary N) is 1. The van der Waals surface area contributed by atoms with Crippen LogP contribution in [0.15, 0.2) is 72.1 Å². The largest absolute Gasteiger partial charge is 0.493 e. The van der Waals surface area contributed by atoms with Crippen molar-refractivity contribution in [2.45, 2.75) is 13.3 Å². The van der Waals surface area contributed by atoms with Crippen molar-refractivity contribution in [3.63, 3.8) is 0 Å². The standard InChI is InChI=1S/C26H24N2O4S/c1-17-8-11-20(12-9-17)32-22-7-5-4-6-21(22)28-25(29)15-19-16-33-26(27-19)18-10-13-23(30-2)24(14-18)31-3/h4-14,16H,15H2,1-3H3,(H,28,29). The van der Waals surface area contributed by atoms with E-state index in [1.807, 2.05) is 79.0 Å². The number of amides is 1. The summed E-state index contributed by atoms with van der Waals surface area (Å²) in [6.45, 7) is 2.02. The van der Waals surface area contributed by atoms with Crippen molar-refractivity contribution < 1.29 is 19.0 Å². The van der Waals surface area contributed by atoms with Gasteiger partial charge in [0.15, 0.2) is 17.2 Å². The molecule has 0 bridgehead atoms. The summed E-state index contributed by atoms with van der Waals surface area (Å²) >= 11 is 1.48. The fraction of sp³-hybridized carbons (Fsp3) is 0.154. The van der Waals surface area contributed by atoms with Crippen LogP contribution in [0.5, 0.6) is 23.0 Å². The zero-order chi connectivity index (χ0) is 23.2. The lowest BCUT2D eigenvalue weighted by atomic mass is 10.2. The number of rotatable bonds is 8. The lowest BCUT2D eigenvalue weighted by Gasteiger charge is -2.12. The number of nitrogens with zero attached hydrogens (tertiary/aromatic N) is 1. The lowest BCUT2D eigenvalue weighted by Crippen LogP contribution is -2.15. The summed E-state index contributed by atoms with van der Waals surface area (Å²) < 4.78 is 16.6. The molecule has 0 fully saturated rings. The highest BCUT2D eigenvalue weighted by Crippen LogP contribution is 2.34. The van der Waals surface area contributed by atoms with E-state index in [4.69, 9.17) is 14.2 Å². The van der Waals surface area contributed by atoms with Crippen molar-refractivity contribution in [3.05, 3.63) is 83.4 Å². The molecular weight excluding hydrogens is 436 g/mol. The third kappa shape index (κ3) is 5.51. The predicted octanol–water partition coefficient (Wildman–Crippen LogP) is 6.11. The highest BCUT2D eigenvalue weighted by Gasteiger charge is 2.13. The second-order valence-corrected chi connectivity index (χ2v) is 8.21. The van der Waals surface area contributed by atoms with Gasteiger partial charge in [0.1, 0.15) is 10.8 Å². The number of ether oxygens (including phenoxy) is 3. The number of para-hydroxylation sites is 2. The number of anilines is 1. The molecule has 4 aromatic rings. The second-order valence-electron chi connectivity index (χ2n) is 7.35. The summed E-state index contributed by atoms with van der Waals surface area (Å²) in [5, 5.41) is 5.63. The van der Waals surface area contributed by atoms with Gasteiger partial charge >= 0.3 is 0 Å². The Morgan fingerprint density at radius 3 is 2.45 bits per heavy atom. The number of benzene rings is 3. The van der Waals surface area contributed by atoms with Crippen molar-refractivity contribution >= 4 is 22.9 Å². The molecule has 0 radical (unpaired) electrons. The molecule has 3 aromatic carbocycles. The lowest BCUT2D eigenvalue weighted by molar-refractivity contribution is -0.115. The third-order valence-electron chi connectivity index (χ3n) is 4.93. The molecule has 0 saturated carbocycles. The average molecular weight is 461 g/mol. The molecule has 1 aromatic heterocycles. The Labute approximate surface area is 196 Å². The van der Waals surface area contributed by atoms with Gasteiger partial charge in [-0.2, -0.15) is 0 Å². The van der Waals surface area contributed by atoms with Gasteiger partial charge in [-0.25, -0.2) is 4.98 Å². The minimum absolute atomic E-state index is 0.155. The zero-order valence-corrected chi connectivity index (χ0v) is 19.4. The molecule has 0 aliphatic rings. The summed E-state index contributed by atoms with van der Waals surface area (Å²) in [5.74, 6) is 2.41. The Bertz CT molecular complexity index is 1250. The number of thiazole rings is 1. The molecule has 0 unspecified atom stereocenters. The van der Waals surface area contributed by atoms with Gasteiger partial charge in [-0.1, -0.05) is 29.8 Å². The normalized spacial score (nSPS) is 10.5. The molecule has 0 aliphatic carbocycles. The zero-order valence-electron chi connectivity index (χ0n) is 18.6. The van der Waals surface area contributed by atoms with Crippen LogP contribution in [0.3, 0.4) is 0 Å². The highest BCUT2D eigenvalue weighted by atomic mass is 32.1. The summed E-state index contributed by atoms with van der Waals surface area (Å²) in [6, 6.07) is 20.8. The van der Waals surface area contributed by atoms with E-state index in [-0.39, 0.29) is 12.3 Å². The molecule has 33 heavy (non-hydrogen) atoms. The van der Waals surface area contributed by atoms with Crippen molar-refractivity contribution in [2.75, 3.05) is 19.5 Å². The smallest absolute Gasteiger partial charge is 0.230 e. The van der Waals surface area contributed by atoms with E-state index in [2.05, 4.69) is 10.3 Å². The predicted molar refractivity (Wildman–Crippen MR) is 131 cm³/mol. The molecule has 0 atom stereocenters. The minimum atomic E-state index is -0.167. The molecule has 168 valence electrons. The number of methoxy groups -OCH3 is 2. The first kappa shape index (κ1) is 22.4. The molecule has 7 heteroatoms. The quantitative estimate of drug-likeness (QED) is 0.344. The molecule has 1 heterocycles. The fourth-order valence-electron chi connectivity index (χ4n) is 3.24. The number of hydrogen-bond donors (Lipinski definition) is 1. The highest BCUT2D eigenvalue weighted by molar-refractivity contribution is 7.13. The molecule has 0 spiro atoms. The van der Waals surface area contributed by atoms with E-state index in [0.29, 0.717) is 34.4 Å². The summed E-state index contributed by atoms with van der Waals surface area (Å²) in [7, 11) is 3.20. The maximum absolute atomic E-state index is 12.7. The van der Waals surface area contributed by atoms with Crippen molar-refractivity contribution in [3.8, 4) is 33.6 Å². The molecule has 4 rings (SSSR count). The number of aryl methyl sites for hydroxylation is 1. The van der Waals surface area contributed by atoms with Gasteiger partial charge < -0.3 is 19.5 Å². The number of aromatic nitrogens is 1. The fourth-order valence-corrected chi connectivity index (χ4v) is 4.06. The first-order valence-corrected chi connectivity index (χ1v) is 11.2. The van der Waals surface area contributed by atoms with E-state index >= 15 is 0 Å². The van der Waals surface area contributed by atoms with Crippen LogP contribution in [0, 0.1) is 6.92 Å². The van der Waals surface area contributed by atoms with E-state index in [9.17, 15) is 4.79 Å². The first-order valence-electron chi connectivity index (χ1n) is 10.4. The summed E-state index contributed by atoms with van der Waals surface area (Å²) in [4.78, 5) is 17.3. The van der Waals surface area contributed by atoms with Gasteiger partial charge in [-0.05, 0) is 49.4 Å². The molecular formula is C26H24N2O4S. The molecule has 0 aliphatic heterocycles. The van der Waals surface area contributed by atoms with Gasteiger partial charge in [0, 0.05) is 10.9 Å². The molecule has 0 saturated heterocycles. The van der Waals surface area contributed by atoms with Gasteiger partial charge in [0.2, 0.25) is 5.91 Å². The Morgan fingerprint density at radius 2 is 1.70 bits per heavy atom. The SMILES string of the molecule is COc1ccc(-c2nc(CC(=O)Nc3ccccc3Oc3ccc(C)cc3)cs2)cc1OC. The third-order valence-corrected chi connectivity index (χ3v) is 5.87. The van der Waals surface area contributed by atoms with Gasteiger partial charge in [-0.3, -0.25) is 4.79 Å². The molecule has 1 amide bonds. The Kier molecular flexibility index (Phi) is 6.90. The minimum Gasteiger partial charge on any atom is -0.493 e. The van der Waals surface area contributed by atoms with Gasteiger partial charge in [-0.15, -0.1) is 11.3 Å². The molecule has 1 N–H and O–H groups in total. The summed E-state index contributed by atoms with van der Waals surface area (Å²) in [5.41, 5.74) is 3.36. The second kappa shape index (κ2) is 10.2. The maximum atomic E-state index is 12.7. The topological polar surface area (TPSA) is 69.7 Å². The van der Waals surface area contributed by atoms with Crippen LogP contribution in [0.4, 0.5) is 5.69 Å². The van der Waals surface area contributed by atoms with Gasteiger partial charge in [0.05, 0.1) is 32.0 Å². The Hall–Kier alpha value is -3.84. The molecule has 6 nitrogen and oxygen atoms in total. The van der Waals surface area contributed by atoms with E-state index in [1.54, 1.807) is 14.2 Å². The van der Waals surface area contributed by atoms with E-state index in [0.717, 1.165) is 16.1 Å². The van der Waals surface area contributed by atoms with Crippen LogP contribution in [0.25, 0.3) is 10.6 Å². The Balaban J connectivity index is 1.44. The maximum Gasteiger partial charge on any atom is 0.230 e. The van der Waals surface area contributed by atoms with Crippen molar-refractivity contribution in [2.24, 2.45) is 0 Å². The van der Waals surface area contributed by atoms with Crippen LogP contribution >= 0.6 is 11.3 Å². The van der Waals surface area contributed by atoms with Crippen molar-refractivity contribution in [1.29, 1.82) is 0 Å². The Morgan fingerprint density at radius 1 is 0.939 bits per heavy atom. The van der Waals surface area contributed by atoms with E-state index < -0.39 is 0 Å². The van der Waals surface area contributed by atoms with Gasteiger partial charge in [0.25, 0.3) is 0 Å². The van der Waals surface area contributed by atoms with Crippen molar-refractivity contribution in [1.82, 2.24) is 4.98 Å². The number of carbonyl (C=O) groups is 1. The monoisotopic (exact) mass is 460 g/mol. The van der Waals surface area contributed by atoms with E-state index in [1.165, 1.54) is 11.3 Å². The van der Waals surface area contributed by atoms with Crippen LogP contribution in [-0.4, -0.2) is 25.1 Å². The van der Waals surface area contributed by atoms with Crippen LogP contribution in [0.2, 0.25) is 0 Å².